The highest BCUT2D eigenvalue weighted by atomic mass is 19.1. The molecule has 1 aliphatic heterocycles. The van der Waals surface area contributed by atoms with Gasteiger partial charge in [0.1, 0.15) is 5.82 Å². The minimum absolute atomic E-state index is 0.313. The normalized spacial score (nSPS) is 16.3. The first-order valence-corrected chi connectivity index (χ1v) is 8.13. The van der Waals surface area contributed by atoms with Crippen LogP contribution in [0.2, 0.25) is 0 Å². The van der Waals surface area contributed by atoms with Gasteiger partial charge in [0.05, 0.1) is 18.8 Å². The first-order valence-electron chi connectivity index (χ1n) is 8.13. The number of fused-ring (bicyclic) bond motifs is 1. The lowest BCUT2D eigenvalue weighted by molar-refractivity contribution is 0.0565. The van der Waals surface area contributed by atoms with Crippen LogP contribution in [0.15, 0.2) is 42.5 Å². The van der Waals surface area contributed by atoms with Crippen molar-refractivity contribution in [3.63, 3.8) is 0 Å². The van der Waals surface area contributed by atoms with E-state index in [1.54, 1.807) is 19.1 Å². The van der Waals surface area contributed by atoms with Gasteiger partial charge >= 0.3 is 0 Å². The maximum Gasteiger partial charge on any atom is 0.165 e. The van der Waals surface area contributed by atoms with E-state index < -0.39 is 5.60 Å². The standard InChI is InChI=1S/C19H22FNO3/c1-19(22,15-6-8-16(20)9-7-15)13-21-12-14-4-2-5-17-18(14)24-11-3-10-23-17/h2,4-9,21-22H,3,10-13H2,1H3. The summed E-state index contributed by atoms with van der Waals surface area (Å²) in [5, 5.41) is 13.8. The molecule has 0 fully saturated rings. The zero-order valence-corrected chi connectivity index (χ0v) is 13.7. The molecule has 2 aromatic rings. The van der Waals surface area contributed by atoms with Gasteiger partial charge in [0, 0.05) is 25.1 Å². The van der Waals surface area contributed by atoms with Crippen molar-refractivity contribution in [1.82, 2.24) is 5.32 Å². The molecule has 1 unspecified atom stereocenters. The second kappa shape index (κ2) is 7.20. The Morgan fingerprint density at radius 2 is 1.88 bits per heavy atom. The molecule has 5 heteroatoms. The summed E-state index contributed by atoms with van der Waals surface area (Å²) >= 11 is 0. The molecule has 0 saturated carbocycles. The van der Waals surface area contributed by atoms with Crippen molar-refractivity contribution in [2.24, 2.45) is 0 Å². The van der Waals surface area contributed by atoms with Crippen LogP contribution in [0.3, 0.4) is 0 Å². The first kappa shape index (κ1) is 16.7. The molecular formula is C19H22FNO3. The smallest absolute Gasteiger partial charge is 0.165 e. The van der Waals surface area contributed by atoms with E-state index in [1.165, 1.54) is 12.1 Å². The van der Waals surface area contributed by atoms with Gasteiger partial charge in [-0.3, -0.25) is 0 Å². The van der Waals surface area contributed by atoms with E-state index in [1.807, 2.05) is 18.2 Å². The summed E-state index contributed by atoms with van der Waals surface area (Å²) in [5.74, 6) is 1.22. The molecular weight excluding hydrogens is 309 g/mol. The Bertz CT molecular complexity index is 686. The van der Waals surface area contributed by atoms with Gasteiger partial charge in [-0.05, 0) is 30.7 Å². The number of halogens is 1. The molecule has 2 aromatic carbocycles. The molecule has 0 aromatic heterocycles. The molecule has 2 N–H and O–H groups in total. The second-order valence-electron chi connectivity index (χ2n) is 6.18. The SMILES string of the molecule is CC(O)(CNCc1cccc2c1OCCCO2)c1ccc(F)cc1. The number of para-hydroxylation sites is 1. The van der Waals surface area contributed by atoms with E-state index in [4.69, 9.17) is 9.47 Å². The van der Waals surface area contributed by atoms with Crippen LogP contribution in [0.1, 0.15) is 24.5 Å². The van der Waals surface area contributed by atoms with E-state index in [9.17, 15) is 9.50 Å². The van der Waals surface area contributed by atoms with E-state index in [2.05, 4.69) is 5.32 Å². The van der Waals surface area contributed by atoms with Crippen molar-refractivity contribution in [2.75, 3.05) is 19.8 Å². The minimum atomic E-state index is -1.09. The van der Waals surface area contributed by atoms with Crippen LogP contribution in [0.25, 0.3) is 0 Å². The third-order valence-corrected chi connectivity index (χ3v) is 4.10. The summed E-state index contributed by atoms with van der Waals surface area (Å²) < 4.78 is 24.5. The molecule has 4 nitrogen and oxygen atoms in total. The fraction of sp³-hybridized carbons (Fsp3) is 0.368. The molecule has 1 atom stereocenters. The van der Waals surface area contributed by atoms with Gasteiger partial charge in [-0.2, -0.15) is 0 Å². The predicted octanol–water partition coefficient (Wildman–Crippen LogP) is 2.98. The lowest BCUT2D eigenvalue weighted by atomic mass is 9.96. The number of hydrogen-bond donors (Lipinski definition) is 2. The average molecular weight is 331 g/mol. The average Bonchev–Trinajstić information content (AvgIpc) is 2.81. The lowest BCUT2D eigenvalue weighted by Gasteiger charge is -2.24. The molecule has 1 aliphatic rings. The Kier molecular flexibility index (Phi) is 5.02. The Hall–Kier alpha value is -2.11. The highest BCUT2D eigenvalue weighted by Gasteiger charge is 2.23. The van der Waals surface area contributed by atoms with Crippen molar-refractivity contribution in [1.29, 1.82) is 0 Å². The van der Waals surface area contributed by atoms with Crippen molar-refractivity contribution in [3.05, 3.63) is 59.4 Å². The fourth-order valence-corrected chi connectivity index (χ4v) is 2.74. The van der Waals surface area contributed by atoms with Crippen molar-refractivity contribution in [3.8, 4) is 11.5 Å². The Balaban J connectivity index is 1.65. The van der Waals surface area contributed by atoms with Gasteiger partial charge in [-0.25, -0.2) is 4.39 Å². The van der Waals surface area contributed by atoms with Crippen LogP contribution in [-0.4, -0.2) is 24.9 Å². The maximum absolute atomic E-state index is 13.0. The molecule has 0 radical (unpaired) electrons. The Morgan fingerprint density at radius 1 is 1.12 bits per heavy atom. The van der Waals surface area contributed by atoms with E-state index in [0.29, 0.717) is 31.9 Å². The van der Waals surface area contributed by atoms with E-state index in [-0.39, 0.29) is 5.82 Å². The number of aliphatic hydroxyl groups is 1. The number of ether oxygens (including phenoxy) is 2. The van der Waals surface area contributed by atoms with Crippen molar-refractivity contribution >= 4 is 0 Å². The number of hydrogen-bond acceptors (Lipinski definition) is 4. The molecule has 0 saturated heterocycles. The van der Waals surface area contributed by atoms with Crippen LogP contribution < -0.4 is 14.8 Å². The van der Waals surface area contributed by atoms with Gasteiger partial charge in [0.25, 0.3) is 0 Å². The maximum atomic E-state index is 13.0. The first-order chi connectivity index (χ1) is 11.6. The summed E-state index contributed by atoms with van der Waals surface area (Å²) in [6, 6.07) is 11.7. The van der Waals surface area contributed by atoms with Gasteiger partial charge in [-0.1, -0.05) is 24.3 Å². The highest BCUT2D eigenvalue weighted by Crippen LogP contribution is 2.33. The number of benzene rings is 2. The monoisotopic (exact) mass is 331 g/mol. The van der Waals surface area contributed by atoms with E-state index >= 15 is 0 Å². The predicted molar refractivity (Wildman–Crippen MR) is 89.7 cm³/mol. The minimum Gasteiger partial charge on any atom is -0.490 e. The molecule has 24 heavy (non-hydrogen) atoms. The topological polar surface area (TPSA) is 50.7 Å². The Morgan fingerprint density at radius 3 is 2.67 bits per heavy atom. The van der Waals surface area contributed by atoms with Crippen LogP contribution >= 0.6 is 0 Å². The van der Waals surface area contributed by atoms with E-state index in [0.717, 1.165) is 23.5 Å². The van der Waals surface area contributed by atoms with Gasteiger partial charge < -0.3 is 19.9 Å². The fourth-order valence-electron chi connectivity index (χ4n) is 2.74. The third-order valence-electron chi connectivity index (χ3n) is 4.10. The van der Waals surface area contributed by atoms with Crippen LogP contribution in [0.4, 0.5) is 4.39 Å². The van der Waals surface area contributed by atoms with Gasteiger partial charge in [0.2, 0.25) is 0 Å². The van der Waals surface area contributed by atoms with Crippen molar-refractivity contribution in [2.45, 2.75) is 25.5 Å². The third kappa shape index (κ3) is 3.86. The quantitative estimate of drug-likeness (QED) is 0.884. The van der Waals surface area contributed by atoms with Crippen LogP contribution in [-0.2, 0) is 12.1 Å². The summed E-state index contributed by atoms with van der Waals surface area (Å²) in [5.41, 5.74) is 0.573. The van der Waals surface area contributed by atoms with Crippen molar-refractivity contribution < 1.29 is 19.0 Å². The largest absolute Gasteiger partial charge is 0.490 e. The summed E-state index contributed by atoms with van der Waals surface area (Å²) in [7, 11) is 0. The lowest BCUT2D eigenvalue weighted by Crippen LogP contribution is -2.35. The zero-order chi connectivity index (χ0) is 17.0. The summed E-state index contributed by atoms with van der Waals surface area (Å²) in [6.07, 6.45) is 0.862. The molecule has 3 rings (SSSR count). The van der Waals surface area contributed by atoms with Crippen LogP contribution in [0.5, 0.6) is 11.5 Å². The molecule has 0 amide bonds. The Labute approximate surface area is 141 Å². The molecule has 0 aliphatic carbocycles. The second-order valence-corrected chi connectivity index (χ2v) is 6.18. The van der Waals surface area contributed by atoms with Gasteiger partial charge in [0.15, 0.2) is 11.5 Å². The zero-order valence-electron chi connectivity index (χ0n) is 13.7. The van der Waals surface area contributed by atoms with Crippen LogP contribution in [0, 0.1) is 5.82 Å². The molecule has 0 bridgehead atoms. The number of nitrogens with one attached hydrogen (secondary N) is 1. The number of rotatable bonds is 5. The molecule has 0 spiro atoms. The van der Waals surface area contributed by atoms with Gasteiger partial charge in [-0.15, -0.1) is 0 Å². The molecule has 128 valence electrons. The summed E-state index contributed by atoms with van der Waals surface area (Å²) in [6.45, 7) is 3.88. The summed E-state index contributed by atoms with van der Waals surface area (Å²) in [4.78, 5) is 0. The highest BCUT2D eigenvalue weighted by molar-refractivity contribution is 5.47. The molecule has 1 heterocycles.